The van der Waals surface area contributed by atoms with Crippen LogP contribution in [0.15, 0.2) is 21.1 Å². The Morgan fingerprint density at radius 2 is 2.00 bits per heavy atom. The summed E-state index contributed by atoms with van der Waals surface area (Å²) in [4.78, 5) is 0. The zero-order valence-corrected chi connectivity index (χ0v) is 10.8. The largest absolute Gasteiger partial charge is 0.506 e. The van der Waals surface area contributed by atoms with E-state index >= 15 is 0 Å². The van der Waals surface area contributed by atoms with Crippen molar-refractivity contribution in [1.29, 1.82) is 0 Å². The maximum absolute atomic E-state index is 9.73. The number of aromatic hydroxyl groups is 1. The first-order valence-corrected chi connectivity index (χ1v) is 5.55. The van der Waals surface area contributed by atoms with E-state index in [1.807, 2.05) is 0 Å². The number of aliphatic hydroxyl groups excluding tert-OH is 1. The molecule has 0 bridgehead atoms. The zero-order valence-electron chi connectivity index (χ0n) is 7.59. The number of halogens is 2. The molecule has 3 nitrogen and oxygen atoms in total. The molecule has 5 heteroatoms. The third-order valence-corrected chi connectivity index (χ3v) is 3.03. The monoisotopic (exact) mass is 323 g/mol. The third kappa shape index (κ3) is 2.28. The van der Waals surface area contributed by atoms with Gasteiger partial charge in [0, 0.05) is 10.0 Å². The highest BCUT2D eigenvalue weighted by molar-refractivity contribution is 9.11. The molecule has 1 rings (SSSR count). The minimum absolute atomic E-state index is 0.0623. The first-order chi connectivity index (χ1) is 6.38. The van der Waals surface area contributed by atoms with Crippen LogP contribution in [0.2, 0.25) is 0 Å². The summed E-state index contributed by atoms with van der Waals surface area (Å²) >= 11 is 6.49. The Kier molecular flexibility index (Phi) is 3.58. The second kappa shape index (κ2) is 4.18. The lowest BCUT2D eigenvalue weighted by atomic mass is 9.93. The molecule has 0 saturated carbocycles. The van der Waals surface area contributed by atoms with Crippen LogP contribution >= 0.6 is 31.9 Å². The molecule has 0 unspecified atom stereocenters. The number of aliphatic hydroxyl groups is 1. The molecule has 0 aliphatic carbocycles. The van der Waals surface area contributed by atoms with E-state index in [1.165, 1.54) is 0 Å². The summed E-state index contributed by atoms with van der Waals surface area (Å²) < 4.78 is 1.34. The SMILES string of the molecule is C[C@](N)(CO)c1cc(Br)cc(Br)c1O. The molecule has 1 aromatic rings. The normalized spacial score (nSPS) is 15.2. The minimum Gasteiger partial charge on any atom is -0.506 e. The lowest BCUT2D eigenvalue weighted by Crippen LogP contribution is -2.37. The van der Waals surface area contributed by atoms with Gasteiger partial charge in [-0.25, -0.2) is 0 Å². The first kappa shape index (κ1) is 12.0. The van der Waals surface area contributed by atoms with Crippen molar-refractivity contribution in [2.45, 2.75) is 12.5 Å². The molecular formula is C9H11Br2NO2. The number of phenols is 1. The highest BCUT2D eigenvalue weighted by atomic mass is 79.9. The molecule has 0 fully saturated rings. The van der Waals surface area contributed by atoms with Crippen molar-refractivity contribution in [1.82, 2.24) is 0 Å². The van der Waals surface area contributed by atoms with Crippen LogP contribution in [0.1, 0.15) is 12.5 Å². The number of benzene rings is 1. The fourth-order valence-electron chi connectivity index (χ4n) is 1.09. The molecule has 0 aromatic heterocycles. The van der Waals surface area contributed by atoms with Crippen LogP contribution in [0, 0.1) is 0 Å². The van der Waals surface area contributed by atoms with Crippen LogP contribution < -0.4 is 5.73 Å². The molecule has 0 heterocycles. The fraction of sp³-hybridized carbons (Fsp3) is 0.333. The van der Waals surface area contributed by atoms with Crippen molar-refractivity contribution < 1.29 is 10.2 Å². The Morgan fingerprint density at radius 3 is 2.50 bits per heavy atom. The predicted octanol–water partition coefficient (Wildman–Crippen LogP) is 2.08. The van der Waals surface area contributed by atoms with Gasteiger partial charge < -0.3 is 15.9 Å². The Bertz CT molecular complexity index is 353. The molecule has 78 valence electrons. The predicted molar refractivity (Wildman–Crippen MR) is 62.1 cm³/mol. The quantitative estimate of drug-likeness (QED) is 0.780. The summed E-state index contributed by atoms with van der Waals surface area (Å²) in [6.07, 6.45) is 0. The van der Waals surface area contributed by atoms with Crippen molar-refractivity contribution in [3.05, 3.63) is 26.6 Å². The van der Waals surface area contributed by atoms with E-state index in [4.69, 9.17) is 10.8 Å². The van der Waals surface area contributed by atoms with Gasteiger partial charge in [0.1, 0.15) is 5.75 Å². The van der Waals surface area contributed by atoms with Gasteiger partial charge in [-0.15, -0.1) is 0 Å². The summed E-state index contributed by atoms with van der Waals surface area (Å²) in [6.45, 7) is 1.42. The lowest BCUT2D eigenvalue weighted by molar-refractivity contribution is 0.206. The van der Waals surface area contributed by atoms with Gasteiger partial charge >= 0.3 is 0 Å². The number of hydrogen-bond donors (Lipinski definition) is 3. The van der Waals surface area contributed by atoms with Gasteiger partial charge in [-0.05, 0) is 35.0 Å². The van der Waals surface area contributed by atoms with E-state index in [2.05, 4.69) is 31.9 Å². The van der Waals surface area contributed by atoms with Gasteiger partial charge in [-0.3, -0.25) is 0 Å². The average Bonchev–Trinajstić information content (AvgIpc) is 2.11. The summed E-state index contributed by atoms with van der Waals surface area (Å²) in [5.74, 6) is 0.0623. The van der Waals surface area contributed by atoms with Crippen LogP contribution in [-0.4, -0.2) is 16.8 Å². The van der Waals surface area contributed by atoms with E-state index in [1.54, 1.807) is 19.1 Å². The molecule has 0 aliphatic heterocycles. The summed E-state index contributed by atoms with van der Waals surface area (Å²) in [5, 5.41) is 18.8. The van der Waals surface area contributed by atoms with Crippen LogP contribution in [0.4, 0.5) is 0 Å². The van der Waals surface area contributed by atoms with E-state index < -0.39 is 5.54 Å². The third-order valence-electron chi connectivity index (χ3n) is 1.97. The number of hydrogen-bond acceptors (Lipinski definition) is 3. The maximum Gasteiger partial charge on any atom is 0.134 e. The molecule has 4 N–H and O–H groups in total. The van der Waals surface area contributed by atoms with Gasteiger partial charge in [0.05, 0.1) is 16.6 Å². The maximum atomic E-state index is 9.73. The molecular weight excluding hydrogens is 314 g/mol. The fourth-order valence-corrected chi connectivity index (χ4v) is 2.31. The molecule has 0 amide bonds. The van der Waals surface area contributed by atoms with Crippen molar-refractivity contribution in [2.75, 3.05) is 6.61 Å². The molecule has 0 aliphatic rings. The van der Waals surface area contributed by atoms with E-state index in [0.29, 0.717) is 10.0 Å². The lowest BCUT2D eigenvalue weighted by Gasteiger charge is -2.24. The van der Waals surface area contributed by atoms with Gasteiger partial charge in [0.15, 0.2) is 0 Å². The molecule has 1 aromatic carbocycles. The van der Waals surface area contributed by atoms with Gasteiger partial charge in [0.2, 0.25) is 0 Å². The number of phenolic OH excluding ortho intramolecular Hbond substituents is 1. The van der Waals surface area contributed by atoms with Gasteiger partial charge in [-0.1, -0.05) is 15.9 Å². The molecule has 0 radical (unpaired) electrons. The van der Waals surface area contributed by atoms with Crippen LogP contribution in [0.3, 0.4) is 0 Å². The van der Waals surface area contributed by atoms with Crippen LogP contribution in [0.25, 0.3) is 0 Å². The Labute approximate surface area is 99.2 Å². The first-order valence-electron chi connectivity index (χ1n) is 3.96. The van der Waals surface area contributed by atoms with Crippen molar-refractivity contribution in [3.63, 3.8) is 0 Å². The van der Waals surface area contributed by atoms with Crippen LogP contribution in [-0.2, 0) is 5.54 Å². The topological polar surface area (TPSA) is 66.5 Å². The van der Waals surface area contributed by atoms with E-state index in [-0.39, 0.29) is 12.4 Å². The molecule has 0 spiro atoms. The van der Waals surface area contributed by atoms with Crippen LogP contribution in [0.5, 0.6) is 5.75 Å². The number of rotatable bonds is 2. The standard InChI is InChI=1S/C9H11Br2NO2/c1-9(12,4-13)6-2-5(10)3-7(11)8(6)14/h2-3,13-14H,4,12H2,1H3/t9-/m0/s1. The molecule has 14 heavy (non-hydrogen) atoms. The summed E-state index contributed by atoms with van der Waals surface area (Å²) in [6, 6.07) is 3.41. The highest BCUT2D eigenvalue weighted by Crippen LogP contribution is 2.36. The molecule has 1 atom stereocenters. The Morgan fingerprint density at radius 1 is 1.43 bits per heavy atom. The second-order valence-corrected chi connectivity index (χ2v) is 5.13. The van der Waals surface area contributed by atoms with Crippen molar-refractivity contribution in [3.8, 4) is 5.75 Å². The van der Waals surface area contributed by atoms with E-state index in [0.717, 1.165) is 4.47 Å². The Hall–Kier alpha value is -0.100. The molecule has 0 saturated heterocycles. The van der Waals surface area contributed by atoms with E-state index in [9.17, 15) is 5.11 Å². The minimum atomic E-state index is -0.948. The average molecular weight is 325 g/mol. The Balaban J connectivity index is 3.34. The summed E-state index contributed by atoms with van der Waals surface area (Å²) in [5.41, 5.74) is 5.38. The smallest absolute Gasteiger partial charge is 0.134 e. The van der Waals surface area contributed by atoms with Gasteiger partial charge in [0.25, 0.3) is 0 Å². The zero-order chi connectivity index (χ0) is 10.9. The van der Waals surface area contributed by atoms with Crippen molar-refractivity contribution in [2.24, 2.45) is 5.73 Å². The number of nitrogens with two attached hydrogens (primary N) is 1. The summed E-state index contributed by atoms with van der Waals surface area (Å²) in [7, 11) is 0. The second-order valence-electron chi connectivity index (χ2n) is 3.36. The van der Waals surface area contributed by atoms with Gasteiger partial charge in [-0.2, -0.15) is 0 Å². The highest BCUT2D eigenvalue weighted by Gasteiger charge is 2.25. The van der Waals surface area contributed by atoms with Crippen molar-refractivity contribution >= 4 is 31.9 Å².